The number of pyridine rings is 1. The minimum absolute atomic E-state index is 0.283. The fourth-order valence-electron chi connectivity index (χ4n) is 11.0. The number of hydrogen-bond acceptors (Lipinski definition) is 2. The summed E-state index contributed by atoms with van der Waals surface area (Å²) in [7, 11) is 0. The second-order valence-electron chi connectivity index (χ2n) is 19.2. The summed E-state index contributed by atoms with van der Waals surface area (Å²) in [6.07, 6.45) is 4.22. The van der Waals surface area contributed by atoms with Gasteiger partial charge in [-0.05, 0) is 113 Å². The van der Waals surface area contributed by atoms with Crippen molar-refractivity contribution in [2.24, 2.45) is 0 Å². The Labute approximate surface area is 431 Å². The van der Waals surface area contributed by atoms with Gasteiger partial charge in [0.25, 0.3) is 0 Å². The van der Waals surface area contributed by atoms with E-state index in [9.17, 15) is 0 Å². The highest BCUT2D eigenvalue weighted by molar-refractivity contribution is 6.11. The van der Waals surface area contributed by atoms with Crippen LogP contribution in [-0.2, 0) is 0 Å². The molecule has 0 amide bonds. The van der Waals surface area contributed by atoms with E-state index in [2.05, 4.69) is 300 Å². The smallest absolute Gasteiger partial charge is 0.191 e. The third-order valence-corrected chi connectivity index (χ3v) is 14.4. The molecule has 0 unspecified atom stereocenters. The standard InChI is InChI=1S/C69H52N5/c1-48(2)71-47-72(65-39-18-17-38-64(65)71)54-30-19-31-55(45-54)73(69-59(51-26-11-5-12-27-51)35-21-36-60(69)52-28-13-6-14-29-52)56-40-41-62-61-32-15-16-37-63(61)74(66(62)46-56)67-44-53(42-43-70-67)68-57(49-22-7-3-8-23-49)33-20-34-58(68)50-24-9-4-10-25-50/h3-48H,1-2H3/q+1. The SMILES string of the molecule is CC(C)n1[cH+]n(-c2cccc(N(c3ccc4c5ccccc5n(-c5cc(-c6c(-c7ccccc7)cccc6-c6ccccc6)ccn5)c4c3)c3c(-c4ccccc4)cccc3-c3ccccc3)c2)c2ccccc21. The van der Waals surface area contributed by atoms with Crippen molar-refractivity contribution in [2.75, 3.05) is 4.90 Å². The van der Waals surface area contributed by atoms with Crippen LogP contribution in [-0.4, -0.2) is 18.7 Å². The normalized spacial score (nSPS) is 11.5. The number of fused-ring (bicyclic) bond motifs is 4. The minimum Gasteiger partial charge on any atom is -0.308 e. The Hall–Kier alpha value is -9.58. The fourth-order valence-corrected chi connectivity index (χ4v) is 11.0. The Kier molecular flexibility index (Phi) is 11.3. The van der Waals surface area contributed by atoms with Crippen LogP contribution >= 0.6 is 0 Å². The number of imidazole rings is 1. The highest BCUT2D eigenvalue weighted by Crippen LogP contribution is 2.49. The first-order valence-corrected chi connectivity index (χ1v) is 25.5. The summed E-state index contributed by atoms with van der Waals surface area (Å²) in [4.78, 5) is 7.72. The molecule has 5 nitrogen and oxygen atoms in total. The first kappa shape index (κ1) is 44.4. The maximum atomic E-state index is 5.24. The zero-order chi connectivity index (χ0) is 49.5. The van der Waals surface area contributed by atoms with Crippen LogP contribution in [0.25, 0.3) is 100.0 Å². The van der Waals surface area contributed by atoms with E-state index in [1.54, 1.807) is 0 Å². The number of hydrogen-bond donors (Lipinski definition) is 0. The lowest BCUT2D eigenvalue weighted by molar-refractivity contribution is 0.612. The molecule has 0 N–H and O–H groups in total. The van der Waals surface area contributed by atoms with Gasteiger partial charge < -0.3 is 4.90 Å². The van der Waals surface area contributed by atoms with Crippen molar-refractivity contribution >= 4 is 49.9 Å². The van der Waals surface area contributed by atoms with E-state index in [1.165, 1.54) is 33.3 Å². The second-order valence-corrected chi connectivity index (χ2v) is 19.2. The van der Waals surface area contributed by atoms with Gasteiger partial charge in [0.2, 0.25) is 0 Å². The molecule has 5 heteroatoms. The summed E-state index contributed by atoms with van der Waals surface area (Å²) in [5.74, 6) is 0.842. The van der Waals surface area contributed by atoms with E-state index in [0.717, 1.165) is 83.7 Å². The van der Waals surface area contributed by atoms with Crippen LogP contribution in [0.15, 0.2) is 273 Å². The summed E-state index contributed by atoms with van der Waals surface area (Å²) < 4.78 is 7.05. The lowest BCUT2D eigenvalue weighted by Crippen LogP contribution is -2.13. The van der Waals surface area contributed by atoms with Gasteiger partial charge in [0.1, 0.15) is 11.5 Å². The van der Waals surface area contributed by atoms with Crippen molar-refractivity contribution in [1.29, 1.82) is 0 Å². The maximum Gasteiger partial charge on any atom is 0.191 e. The lowest BCUT2D eigenvalue weighted by Gasteiger charge is -2.30. The van der Waals surface area contributed by atoms with Crippen LogP contribution in [0, 0.1) is 0 Å². The molecule has 0 bridgehead atoms. The zero-order valence-corrected chi connectivity index (χ0v) is 41.3. The Morgan fingerprint density at radius 3 is 1.50 bits per heavy atom. The van der Waals surface area contributed by atoms with Crippen molar-refractivity contribution in [3.63, 3.8) is 0 Å². The molecule has 13 rings (SSSR count). The number of benzene rings is 10. The molecule has 0 radical (unpaired) electrons. The van der Waals surface area contributed by atoms with Crippen LogP contribution in [0.2, 0.25) is 0 Å². The monoisotopic (exact) mass is 950 g/mol. The minimum atomic E-state index is 0.283. The number of nitrogens with zero attached hydrogens (tertiary/aromatic N) is 5. The molecule has 0 fully saturated rings. The molecular weight excluding hydrogens is 899 g/mol. The molecule has 74 heavy (non-hydrogen) atoms. The highest BCUT2D eigenvalue weighted by atomic mass is 15.2. The third-order valence-electron chi connectivity index (χ3n) is 14.4. The third kappa shape index (κ3) is 7.83. The lowest BCUT2D eigenvalue weighted by atomic mass is 9.88. The Morgan fingerprint density at radius 2 is 0.892 bits per heavy atom. The number of para-hydroxylation sites is 4. The van der Waals surface area contributed by atoms with E-state index >= 15 is 0 Å². The Bertz CT molecular complexity index is 4040. The van der Waals surface area contributed by atoms with Crippen molar-refractivity contribution in [1.82, 2.24) is 18.7 Å². The van der Waals surface area contributed by atoms with Gasteiger partial charge >= 0.3 is 0 Å². The largest absolute Gasteiger partial charge is 0.308 e. The van der Waals surface area contributed by atoms with E-state index < -0.39 is 0 Å². The maximum absolute atomic E-state index is 5.24. The quantitative estimate of drug-likeness (QED) is 0.121. The molecular formula is C69H52N5+. The van der Waals surface area contributed by atoms with Gasteiger partial charge in [-0.2, -0.15) is 4.57 Å². The first-order valence-electron chi connectivity index (χ1n) is 25.5. The summed E-state index contributed by atoms with van der Waals surface area (Å²) in [5, 5.41) is 2.31. The molecule has 0 saturated carbocycles. The summed E-state index contributed by atoms with van der Waals surface area (Å²) in [5.41, 5.74) is 20.2. The van der Waals surface area contributed by atoms with Gasteiger partial charge in [-0.15, -0.1) is 0 Å². The number of anilines is 3. The topological polar surface area (TPSA) is 30.9 Å². The number of aromatic nitrogens is 4. The predicted octanol–water partition coefficient (Wildman–Crippen LogP) is 18.6. The summed E-state index contributed by atoms with van der Waals surface area (Å²) in [6.45, 7) is 4.49. The van der Waals surface area contributed by atoms with Gasteiger partial charge in [-0.3, -0.25) is 4.57 Å². The van der Waals surface area contributed by atoms with Crippen molar-refractivity contribution in [3.05, 3.63) is 273 Å². The van der Waals surface area contributed by atoms with Crippen LogP contribution < -0.4 is 4.90 Å². The number of rotatable bonds is 11. The summed E-state index contributed by atoms with van der Waals surface area (Å²) >= 11 is 0. The van der Waals surface area contributed by atoms with Gasteiger partial charge in [0, 0.05) is 58.0 Å². The van der Waals surface area contributed by atoms with E-state index in [4.69, 9.17) is 4.98 Å². The van der Waals surface area contributed by atoms with Gasteiger partial charge in [-0.1, -0.05) is 182 Å². The zero-order valence-electron chi connectivity index (χ0n) is 41.3. The highest BCUT2D eigenvalue weighted by Gasteiger charge is 2.26. The van der Waals surface area contributed by atoms with E-state index in [1.807, 2.05) is 6.20 Å². The van der Waals surface area contributed by atoms with Crippen LogP contribution in [0.1, 0.15) is 19.9 Å². The van der Waals surface area contributed by atoms with Crippen molar-refractivity contribution in [2.45, 2.75) is 19.9 Å². The molecule has 3 aromatic heterocycles. The molecule has 0 atom stereocenters. The van der Waals surface area contributed by atoms with Crippen LogP contribution in [0.4, 0.5) is 17.1 Å². The van der Waals surface area contributed by atoms with E-state index in [-0.39, 0.29) is 6.04 Å². The van der Waals surface area contributed by atoms with Crippen LogP contribution in [0.5, 0.6) is 0 Å². The average Bonchev–Trinajstić information content (AvgIpc) is 4.04. The Balaban J connectivity index is 1.07. The molecule has 0 aliphatic rings. The molecule has 0 spiro atoms. The van der Waals surface area contributed by atoms with Gasteiger partial charge in [0.05, 0.1) is 28.5 Å². The molecule has 13 aromatic rings. The fraction of sp³-hybridized carbons (Fsp3) is 0.0435. The molecule has 0 aliphatic carbocycles. The van der Waals surface area contributed by atoms with Gasteiger partial charge in [-0.25, -0.2) is 9.55 Å². The second kappa shape index (κ2) is 18.9. The predicted molar refractivity (Wildman–Crippen MR) is 310 cm³/mol. The average molecular weight is 951 g/mol. The molecule has 0 saturated heterocycles. The van der Waals surface area contributed by atoms with E-state index in [0.29, 0.717) is 0 Å². The first-order chi connectivity index (χ1) is 36.6. The van der Waals surface area contributed by atoms with Crippen molar-refractivity contribution in [3.8, 4) is 67.1 Å². The van der Waals surface area contributed by atoms with Gasteiger partial charge in [0.15, 0.2) is 17.4 Å². The Morgan fingerprint density at radius 1 is 0.392 bits per heavy atom. The molecule has 352 valence electrons. The van der Waals surface area contributed by atoms with Crippen molar-refractivity contribution < 1.29 is 0 Å². The van der Waals surface area contributed by atoms with Crippen LogP contribution in [0.3, 0.4) is 0 Å². The molecule has 10 aromatic carbocycles. The molecule has 3 heterocycles. The summed E-state index contributed by atoms with van der Waals surface area (Å²) in [6, 6.07) is 94.5. The molecule has 0 aliphatic heterocycles.